The van der Waals surface area contributed by atoms with Crippen LogP contribution in [-0.2, 0) is 6.54 Å². The van der Waals surface area contributed by atoms with Crippen molar-refractivity contribution in [1.82, 2.24) is 9.97 Å². The number of hydrogen-bond donors (Lipinski definition) is 1. The Hall–Kier alpha value is -3.99. The summed E-state index contributed by atoms with van der Waals surface area (Å²) in [5.74, 6) is 0.468. The second kappa shape index (κ2) is 6.72. The van der Waals surface area contributed by atoms with E-state index in [0.717, 1.165) is 11.1 Å². The lowest BCUT2D eigenvalue weighted by molar-refractivity contribution is 0.102. The van der Waals surface area contributed by atoms with E-state index >= 15 is 0 Å². The fourth-order valence-electron chi connectivity index (χ4n) is 2.81. The second-order valence-corrected chi connectivity index (χ2v) is 5.74. The highest BCUT2D eigenvalue weighted by atomic mass is 16.5. The molecule has 0 fully saturated rings. The smallest absolute Gasteiger partial charge is 0.274 e. The zero-order valence-electron chi connectivity index (χ0n) is 14.3. The predicted octanol–water partition coefficient (Wildman–Crippen LogP) is 2.55. The van der Waals surface area contributed by atoms with Crippen LogP contribution >= 0.6 is 0 Å². The third kappa shape index (κ3) is 3.02. The summed E-state index contributed by atoms with van der Waals surface area (Å²) in [5.41, 5.74) is 3.64. The Bertz CT molecular complexity index is 1100. The number of nitrogens with one attached hydrogen (secondary N) is 1. The molecule has 3 aromatic rings. The second-order valence-electron chi connectivity index (χ2n) is 5.74. The van der Waals surface area contributed by atoms with E-state index in [2.05, 4.69) is 20.3 Å². The summed E-state index contributed by atoms with van der Waals surface area (Å²) in [5, 5.41) is 11.8. The summed E-state index contributed by atoms with van der Waals surface area (Å²) < 4.78 is 10.5. The number of aromatic nitrogens is 2. The Morgan fingerprint density at radius 3 is 2.96 bits per heavy atom. The first kappa shape index (κ1) is 16.5. The summed E-state index contributed by atoms with van der Waals surface area (Å²) in [6.07, 6.45) is 4.27. The number of rotatable bonds is 4. The molecule has 0 saturated carbocycles. The molecule has 132 valence electrons. The number of amides is 1. The van der Waals surface area contributed by atoms with Crippen LogP contribution in [0, 0.1) is 11.3 Å². The molecule has 0 radical (unpaired) electrons. The van der Waals surface area contributed by atoms with E-state index in [1.54, 1.807) is 12.3 Å². The van der Waals surface area contributed by atoms with Gasteiger partial charge in [-0.05, 0) is 17.7 Å². The van der Waals surface area contributed by atoms with E-state index in [1.165, 1.54) is 25.8 Å². The molecule has 0 bridgehead atoms. The quantitative estimate of drug-likeness (QED) is 0.766. The van der Waals surface area contributed by atoms with E-state index in [1.807, 2.05) is 18.2 Å². The number of anilines is 1. The molecule has 8 nitrogen and oxygen atoms in total. The van der Waals surface area contributed by atoms with Crippen LogP contribution in [0.5, 0.6) is 5.75 Å². The van der Waals surface area contributed by atoms with Gasteiger partial charge in [0, 0.05) is 23.5 Å². The number of ether oxygens (including phenoxy) is 1. The molecule has 0 spiro atoms. The van der Waals surface area contributed by atoms with E-state index < -0.39 is 5.91 Å². The van der Waals surface area contributed by atoms with E-state index in [9.17, 15) is 4.79 Å². The molecule has 2 aromatic heterocycles. The topological polar surface area (TPSA) is 113 Å². The van der Waals surface area contributed by atoms with E-state index in [-0.39, 0.29) is 11.3 Å². The Labute approximate surface area is 154 Å². The molecule has 1 amide bonds. The van der Waals surface area contributed by atoms with E-state index in [0.29, 0.717) is 29.5 Å². The van der Waals surface area contributed by atoms with Gasteiger partial charge in [-0.3, -0.25) is 9.79 Å². The van der Waals surface area contributed by atoms with Crippen molar-refractivity contribution in [3.8, 4) is 11.8 Å². The number of nitriles is 1. The van der Waals surface area contributed by atoms with Crippen LogP contribution in [0.3, 0.4) is 0 Å². The molecule has 0 saturated heterocycles. The maximum Gasteiger partial charge on any atom is 0.274 e. The maximum absolute atomic E-state index is 12.5. The predicted molar refractivity (Wildman–Crippen MR) is 95.7 cm³/mol. The Morgan fingerprint density at radius 1 is 1.33 bits per heavy atom. The highest BCUT2D eigenvalue weighted by Crippen LogP contribution is 2.26. The van der Waals surface area contributed by atoms with Crippen LogP contribution in [0.15, 0.2) is 52.5 Å². The largest absolute Gasteiger partial charge is 0.495 e. The zero-order valence-corrected chi connectivity index (χ0v) is 14.3. The van der Waals surface area contributed by atoms with Crippen LogP contribution < -0.4 is 10.1 Å². The van der Waals surface area contributed by atoms with Gasteiger partial charge < -0.3 is 14.5 Å². The van der Waals surface area contributed by atoms with Crippen molar-refractivity contribution < 1.29 is 13.9 Å². The van der Waals surface area contributed by atoms with Gasteiger partial charge in [0.05, 0.1) is 19.9 Å². The molecule has 0 aliphatic carbocycles. The molecule has 1 aliphatic rings. The highest BCUT2D eigenvalue weighted by Gasteiger charge is 2.21. The third-order valence-electron chi connectivity index (χ3n) is 4.14. The SMILES string of the molecule is COc1cc(C(=O)Nc2ccc3c(c2)C(c2cnco2)=NC3)ncc1C#N. The molecule has 1 N–H and O–H groups in total. The summed E-state index contributed by atoms with van der Waals surface area (Å²) in [6.45, 7) is 0.550. The molecule has 8 heteroatoms. The van der Waals surface area contributed by atoms with Crippen molar-refractivity contribution in [3.05, 3.63) is 71.2 Å². The number of methoxy groups -OCH3 is 1. The molecule has 3 heterocycles. The lowest BCUT2D eigenvalue weighted by atomic mass is 10.0. The summed E-state index contributed by atoms with van der Waals surface area (Å²) >= 11 is 0. The number of aliphatic imine (C=N–C) groups is 1. The minimum Gasteiger partial charge on any atom is -0.495 e. The van der Waals surface area contributed by atoms with Crippen LogP contribution in [-0.4, -0.2) is 28.7 Å². The maximum atomic E-state index is 12.5. The number of oxazole rings is 1. The van der Waals surface area contributed by atoms with Gasteiger partial charge in [-0.1, -0.05) is 6.07 Å². The van der Waals surface area contributed by atoms with Crippen molar-refractivity contribution >= 4 is 17.3 Å². The Kier molecular flexibility index (Phi) is 4.10. The monoisotopic (exact) mass is 359 g/mol. The number of carbonyl (C=O) groups excluding carboxylic acids is 1. The summed E-state index contributed by atoms with van der Waals surface area (Å²) in [4.78, 5) is 24.9. The number of nitrogens with zero attached hydrogens (tertiary/aromatic N) is 4. The number of hydrogen-bond acceptors (Lipinski definition) is 7. The number of pyridine rings is 1. The average Bonchev–Trinajstić information content (AvgIpc) is 3.36. The number of benzene rings is 1. The summed E-state index contributed by atoms with van der Waals surface area (Å²) in [6, 6.07) is 8.94. The lowest BCUT2D eigenvalue weighted by Crippen LogP contribution is -2.14. The third-order valence-corrected chi connectivity index (χ3v) is 4.14. The van der Waals surface area contributed by atoms with Crippen molar-refractivity contribution in [2.45, 2.75) is 6.54 Å². The molecule has 1 aliphatic heterocycles. The van der Waals surface area contributed by atoms with Gasteiger partial charge in [-0.2, -0.15) is 5.26 Å². The molecular formula is C19H13N5O3. The first-order valence-electron chi connectivity index (χ1n) is 8.01. The minimum atomic E-state index is -0.408. The first-order chi connectivity index (χ1) is 13.2. The fraction of sp³-hybridized carbons (Fsp3) is 0.105. The molecular weight excluding hydrogens is 346 g/mol. The Morgan fingerprint density at radius 2 is 2.22 bits per heavy atom. The van der Waals surface area contributed by atoms with Crippen LogP contribution in [0.1, 0.15) is 32.9 Å². The number of fused-ring (bicyclic) bond motifs is 1. The first-order valence-corrected chi connectivity index (χ1v) is 8.01. The van der Waals surface area contributed by atoms with E-state index in [4.69, 9.17) is 14.4 Å². The van der Waals surface area contributed by atoms with Gasteiger partial charge in [0.2, 0.25) is 0 Å². The summed E-state index contributed by atoms with van der Waals surface area (Å²) in [7, 11) is 1.43. The lowest BCUT2D eigenvalue weighted by Gasteiger charge is -2.09. The van der Waals surface area contributed by atoms with Gasteiger partial charge in [-0.25, -0.2) is 9.97 Å². The highest BCUT2D eigenvalue weighted by molar-refractivity contribution is 6.14. The minimum absolute atomic E-state index is 0.149. The van der Waals surface area contributed by atoms with Crippen molar-refractivity contribution in [2.75, 3.05) is 12.4 Å². The van der Waals surface area contributed by atoms with Crippen LogP contribution in [0.4, 0.5) is 5.69 Å². The zero-order chi connectivity index (χ0) is 18.8. The van der Waals surface area contributed by atoms with Gasteiger partial charge in [0.15, 0.2) is 12.2 Å². The van der Waals surface area contributed by atoms with Crippen LogP contribution in [0.25, 0.3) is 0 Å². The van der Waals surface area contributed by atoms with Gasteiger partial charge in [0.1, 0.15) is 28.8 Å². The standard InChI is InChI=1S/C19H13N5O3/c1-26-16-5-15(22-8-12(16)6-20)19(25)24-13-3-2-11-7-23-18(14(11)4-13)17-9-21-10-27-17/h2-5,8-10H,7H2,1H3,(H,24,25). The Balaban J connectivity index is 1.59. The normalized spacial score (nSPS) is 12.1. The van der Waals surface area contributed by atoms with Crippen molar-refractivity contribution in [1.29, 1.82) is 5.26 Å². The van der Waals surface area contributed by atoms with Crippen molar-refractivity contribution in [2.24, 2.45) is 4.99 Å². The van der Waals surface area contributed by atoms with Gasteiger partial charge in [0.25, 0.3) is 5.91 Å². The molecule has 0 unspecified atom stereocenters. The number of carbonyl (C=O) groups is 1. The molecule has 0 atom stereocenters. The molecule has 1 aromatic carbocycles. The van der Waals surface area contributed by atoms with Crippen LogP contribution in [0.2, 0.25) is 0 Å². The molecule has 27 heavy (non-hydrogen) atoms. The van der Waals surface area contributed by atoms with Gasteiger partial charge in [-0.15, -0.1) is 0 Å². The fourth-order valence-corrected chi connectivity index (χ4v) is 2.81. The molecule has 4 rings (SSSR count). The van der Waals surface area contributed by atoms with Crippen molar-refractivity contribution in [3.63, 3.8) is 0 Å². The average molecular weight is 359 g/mol. The van der Waals surface area contributed by atoms with Gasteiger partial charge >= 0.3 is 0 Å².